The van der Waals surface area contributed by atoms with Crippen molar-refractivity contribution < 1.29 is 52.8 Å². The van der Waals surface area contributed by atoms with E-state index in [2.05, 4.69) is 92.2 Å². The second-order valence-corrected chi connectivity index (χ2v) is 30.8. The number of amides is 5. The summed E-state index contributed by atoms with van der Waals surface area (Å²) in [7, 11) is 0. The van der Waals surface area contributed by atoms with Gasteiger partial charge in [-0.25, -0.2) is 24.0 Å². The van der Waals surface area contributed by atoms with Crippen LogP contribution in [0.5, 0.6) is 0 Å². The SMILES string of the molecule is CC.CC.CC(C)(C)NC(=O)OCCCc1nnc(-c2ccc(NC(=O)C(C)(C)C)cc2)nn1.CC(C)(C)OC(=O)N(Cc1nnc(-c2ccccc2)nn1)c1ccc(N)cc1.CC(C)(C)OC(=O)N(Cc1nnc(-c2ccccc2)nn1)c1cccc(C(=O)O)c1.CC(C)(C)OC(=O)N(Cc1nnc(-c2ccccc2)nn1)c1cccc(N)c1. The fraction of sp³-hybridized carbons (Fsp3) is 0.349. The van der Waals surface area contributed by atoms with Crippen molar-refractivity contribution in [3.63, 3.8) is 0 Å². The first-order chi connectivity index (χ1) is 56.8. The van der Waals surface area contributed by atoms with E-state index in [0.717, 1.165) is 22.3 Å². The molecule has 0 aliphatic rings. The summed E-state index contributed by atoms with van der Waals surface area (Å²) in [5.74, 6) is 1.66. The van der Waals surface area contributed by atoms with Crippen molar-refractivity contribution in [1.29, 1.82) is 0 Å². The summed E-state index contributed by atoms with van der Waals surface area (Å²) < 4.78 is 21.6. The molecule has 7 N–H and O–H groups in total. The van der Waals surface area contributed by atoms with Crippen molar-refractivity contribution >= 4 is 70.4 Å². The fourth-order valence-electron chi connectivity index (χ4n) is 9.59. The maximum absolute atomic E-state index is 12.8. The number of nitrogens with one attached hydrogen (secondary N) is 2. The number of anilines is 6. The second-order valence-electron chi connectivity index (χ2n) is 30.8. The number of carboxylic acid groups (broad SMARTS) is 1. The lowest BCUT2D eigenvalue weighted by molar-refractivity contribution is -0.123. The van der Waals surface area contributed by atoms with Gasteiger partial charge in [-0.3, -0.25) is 19.5 Å². The summed E-state index contributed by atoms with van der Waals surface area (Å²) in [6.07, 6.45) is -1.09. The third kappa shape index (κ3) is 32.9. The molecule has 0 fully saturated rings. The second kappa shape index (κ2) is 44.9. The zero-order valence-electron chi connectivity index (χ0n) is 71.3. The number of nitrogens with two attached hydrogens (primary N) is 2. The Morgan fingerprint density at radius 1 is 0.375 bits per heavy atom. The van der Waals surface area contributed by atoms with Crippen LogP contribution in [-0.2, 0) is 49.8 Å². The highest BCUT2D eigenvalue weighted by molar-refractivity contribution is 5.95. The van der Waals surface area contributed by atoms with Crippen LogP contribution in [0, 0.1) is 5.41 Å². The van der Waals surface area contributed by atoms with Gasteiger partial charge in [0.1, 0.15) is 16.8 Å². The fourth-order valence-corrected chi connectivity index (χ4v) is 9.59. The molecule has 0 radical (unpaired) electrons. The van der Waals surface area contributed by atoms with E-state index < -0.39 is 52.6 Å². The molecule has 0 saturated heterocycles. The summed E-state index contributed by atoms with van der Waals surface area (Å²) in [5, 5.41) is 80.5. The molecular weight excluding hydrogens is 1530 g/mol. The van der Waals surface area contributed by atoms with Crippen LogP contribution in [0.3, 0.4) is 0 Å². The van der Waals surface area contributed by atoms with Crippen LogP contribution in [0.2, 0.25) is 0 Å². The lowest BCUT2D eigenvalue weighted by Gasteiger charge is -2.27. The molecule has 0 aliphatic heterocycles. The molecule has 7 aromatic carbocycles. The first-order valence-electron chi connectivity index (χ1n) is 38.6. The standard InChI is InChI=1S/C21H30N6O3.C21H21N5O4.2C20H22N6O2.2C2H6/c1-20(2,3)18(28)22-15-11-9-14(10-12-15)17-26-24-16(25-27-17)8-7-13-30-19(29)23-21(4,5)6;1-21(2,3)30-20(29)26(16-11-7-10-15(12-16)19(27)28)13-17-22-24-18(25-23-17)14-8-5-4-6-9-14;1-20(2,3)28-19(27)26(16-11-7-10-15(21)12-16)13-17-22-24-18(25-23-17)14-8-5-4-6-9-14;1-20(2,3)28-19(27)26(16-11-9-15(21)10-12-16)13-17-22-24-18(25-23-17)14-7-5-4-6-8-14;2*1-2/h9-12H,7-8,13H2,1-6H3,(H,22,28)(H,23,29);4-12H,13H2,1-3H3,(H,27,28);2*4-12H,13,21H2,1-3H3;2*1-2H3. The van der Waals surface area contributed by atoms with Gasteiger partial charge in [-0.2, -0.15) is 0 Å². The van der Waals surface area contributed by atoms with Crippen LogP contribution >= 0.6 is 0 Å². The highest BCUT2D eigenvalue weighted by Gasteiger charge is 2.30. The number of alkyl carbamates (subject to hydrolysis) is 1. The summed E-state index contributed by atoms with van der Waals surface area (Å²) in [5.41, 5.74) is 15.3. The summed E-state index contributed by atoms with van der Waals surface area (Å²) in [4.78, 5) is 77.3. The van der Waals surface area contributed by atoms with Crippen LogP contribution in [-0.4, -0.2) is 152 Å². The Hall–Kier alpha value is -14.1. The molecular formula is C86H107N23O11. The minimum absolute atomic E-state index is 0.0395. The van der Waals surface area contributed by atoms with Crippen molar-refractivity contribution in [2.24, 2.45) is 5.41 Å². The van der Waals surface area contributed by atoms with Crippen molar-refractivity contribution in [3.05, 3.63) is 217 Å². The number of nitrogen functional groups attached to an aromatic ring is 2. The third-order valence-corrected chi connectivity index (χ3v) is 15.0. The number of aryl methyl sites for hydroxylation is 1. The van der Waals surface area contributed by atoms with E-state index in [1.54, 1.807) is 147 Å². The van der Waals surface area contributed by atoms with E-state index in [0.29, 0.717) is 81.9 Å². The van der Waals surface area contributed by atoms with Gasteiger partial charge in [-0.05, 0) is 174 Å². The zero-order chi connectivity index (χ0) is 88.4. The predicted molar refractivity (Wildman–Crippen MR) is 458 cm³/mol. The average Bonchev–Trinajstić information content (AvgIpc) is 0.825. The van der Waals surface area contributed by atoms with Crippen molar-refractivity contribution in [2.75, 3.05) is 38.1 Å². The maximum Gasteiger partial charge on any atom is 0.415 e. The molecule has 4 heterocycles. The third-order valence-electron chi connectivity index (χ3n) is 15.0. The Labute approximate surface area is 699 Å². The molecule has 34 nitrogen and oxygen atoms in total. The van der Waals surface area contributed by atoms with Gasteiger partial charge in [0.15, 0.2) is 23.3 Å². The lowest BCUT2D eigenvalue weighted by atomic mass is 9.95. The molecule has 0 bridgehead atoms. The van der Waals surface area contributed by atoms with E-state index in [9.17, 15) is 33.9 Å². The first-order valence-corrected chi connectivity index (χ1v) is 38.6. The highest BCUT2D eigenvalue weighted by atomic mass is 16.6. The number of aromatic nitrogens is 16. The number of benzene rings is 7. The van der Waals surface area contributed by atoms with Crippen molar-refractivity contribution in [3.8, 4) is 45.6 Å². The number of aromatic carboxylic acids is 1. The largest absolute Gasteiger partial charge is 0.478 e. The quantitative estimate of drug-likeness (QED) is 0.0285. The van der Waals surface area contributed by atoms with Crippen LogP contribution < -0.4 is 36.8 Å². The monoisotopic (exact) mass is 1640 g/mol. The number of carbonyl (C=O) groups is 6. The summed E-state index contributed by atoms with van der Waals surface area (Å²) >= 11 is 0. The number of ether oxygens (including phenoxy) is 4. The molecule has 0 unspecified atom stereocenters. The predicted octanol–water partition coefficient (Wildman–Crippen LogP) is 15.9. The van der Waals surface area contributed by atoms with Gasteiger partial charge < -0.3 is 46.2 Å². The van der Waals surface area contributed by atoms with Crippen LogP contribution in [0.25, 0.3) is 45.6 Å². The van der Waals surface area contributed by atoms with E-state index in [4.69, 9.17) is 30.4 Å². The number of rotatable bonds is 19. The number of nitrogens with zero attached hydrogens (tertiary/aromatic N) is 19. The van der Waals surface area contributed by atoms with E-state index >= 15 is 0 Å². The Balaban J connectivity index is 0.000000244. The first kappa shape index (κ1) is 94.8. The van der Waals surface area contributed by atoms with Gasteiger partial charge in [0.2, 0.25) is 29.2 Å². The molecule has 0 atom stereocenters. The zero-order valence-corrected chi connectivity index (χ0v) is 71.3. The number of hydrogen-bond acceptors (Lipinski definition) is 28. The highest BCUT2D eigenvalue weighted by Crippen LogP contribution is 2.28. The summed E-state index contributed by atoms with van der Waals surface area (Å²) in [6, 6.07) is 55.1. The van der Waals surface area contributed by atoms with Gasteiger partial charge in [0, 0.05) is 73.8 Å². The minimum Gasteiger partial charge on any atom is -0.478 e. The molecule has 632 valence electrons. The van der Waals surface area contributed by atoms with E-state index in [1.807, 2.05) is 160 Å². The Morgan fingerprint density at radius 3 is 1.06 bits per heavy atom. The van der Waals surface area contributed by atoms with E-state index in [-0.39, 0.29) is 54.9 Å². The molecule has 0 spiro atoms. The maximum atomic E-state index is 12.8. The number of hydrogen-bond donors (Lipinski definition) is 5. The Kier molecular flexibility index (Phi) is 35.4. The molecule has 0 saturated carbocycles. The molecule has 120 heavy (non-hydrogen) atoms. The molecule has 5 amide bonds. The van der Waals surface area contributed by atoms with Gasteiger partial charge in [-0.1, -0.05) is 152 Å². The van der Waals surface area contributed by atoms with E-state index in [1.165, 1.54) is 26.8 Å². The van der Waals surface area contributed by atoms with Crippen LogP contribution in [0.4, 0.5) is 53.3 Å². The number of carbonyl (C=O) groups excluding carboxylic acids is 5. The van der Waals surface area contributed by atoms with Crippen LogP contribution in [0.15, 0.2) is 188 Å². The average molecular weight is 1640 g/mol. The Bertz CT molecular complexity index is 5020. The topological polar surface area (TPSA) is 452 Å². The minimum atomic E-state index is -1.10. The Morgan fingerprint density at radius 2 is 0.717 bits per heavy atom. The normalized spacial score (nSPS) is 11.0. The van der Waals surface area contributed by atoms with Crippen LogP contribution in [0.1, 0.15) is 172 Å². The molecule has 4 aromatic heterocycles. The van der Waals surface area contributed by atoms with Gasteiger partial charge in [-0.15, -0.1) is 81.6 Å². The van der Waals surface area contributed by atoms with Gasteiger partial charge >= 0.3 is 30.3 Å². The smallest absolute Gasteiger partial charge is 0.415 e. The van der Waals surface area contributed by atoms with Crippen molar-refractivity contribution in [2.45, 2.75) is 186 Å². The number of carboxylic acids is 1. The van der Waals surface area contributed by atoms with Gasteiger partial charge in [0.25, 0.3) is 0 Å². The molecule has 11 aromatic rings. The lowest BCUT2D eigenvalue weighted by Crippen LogP contribution is -2.41. The molecule has 34 heteroatoms. The molecule has 11 rings (SSSR count). The van der Waals surface area contributed by atoms with Crippen molar-refractivity contribution in [1.82, 2.24) is 86.9 Å². The van der Waals surface area contributed by atoms with Gasteiger partial charge in [0.05, 0.1) is 31.8 Å². The molecule has 0 aliphatic carbocycles. The summed E-state index contributed by atoms with van der Waals surface area (Å²) in [6.45, 7) is 35.6.